The summed E-state index contributed by atoms with van der Waals surface area (Å²) in [7, 11) is 1.62. The van der Waals surface area contributed by atoms with Crippen LogP contribution in [0.25, 0.3) is 0 Å². The van der Waals surface area contributed by atoms with Crippen LogP contribution >= 0.6 is 27.3 Å². The summed E-state index contributed by atoms with van der Waals surface area (Å²) >= 11 is 5.01. The van der Waals surface area contributed by atoms with Gasteiger partial charge >= 0.3 is 0 Å². The van der Waals surface area contributed by atoms with Crippen molar-refractivity contribution in [2.45, 2.75) is 19.4 Å². The molecule has 1 amide bonds. The summed E-state index contributed by atoms with van der Waals surface area (Å²) in [5.41, 5.74) is -0.503. The summed E-state index contributed by atoms with van der Waals surface area (Å²) < 4.78 is 1.01. The van der Waals surface area contributed by atoms with Crippen LogP contribution in [-0.4, -0.2) is 23.8 Å². The third-order valence-electron chi connectivity index (χ3n) is 3.36. The minimum Gasteiger partial charge on any atom is -0.345 e. The number of halogens is 1. The molecule has 1 aromatic heterocycles. The van der Waals surface area contributed by atoms with Gasteiger partial charge in [0.05, 0.1) is 11.5 Å². The van der Waals surface area contributed by atoms with E-state index in [1.54, 1.807) is 18.4 Å². The van der Waals surface area contributed by atoms with Gasteiger partial charge in [0.25, 0.3) is 0 Å². The van der Waals surface area contributed by atoms with Gasteiger partial charge in [0.15, 0.2) is 5.96 Å². The number of hydrogen-bond acceptors (Lipinski definition) is 3. The van der Waals surface area contributed by atoms with E-state index in [0.29, 0.717) is 0 Å². The van der Waals surface area contributed by atoms with E-state index >= 15 is 0 Å². The Morgan fingerprint density at radius 3 is 2.82 bits per heavy atom. The summed E-state index contributed by atoms with van der Waals surface area (Å²) in [6.07, 6.45) is 0. The van der Waals surface area contributed by atoms with Crippen molar-refractivity contribution >= 4 is 39.1 Å². The second kappa shape index (κ2) is 4.10. The van der Waals surface area contributed by atoms with E-state index in [0.717, 1.165) is 9.35 Å². The number of hydrogen-bond donors (Lipinski definition) is 2. The van der Waals surface area contributed by atoms with E-state index in [9.17, 15) is 4.79 Å². The van der Waals surface area contributed by atoms with Crippen molar-refractivity contribution < 1.29 is 4.79 Å². The first-order valence-electron chi connectivity index (χ1n) is 5.25. The fraction of sp³-hybridized carbons (Fsp3) is 0.455. The lowest BCUT2D eigenvalue weighted by Crippen LogP contribution is -2.62. The largest absolute Gasteiger partial charge is 0.345 e. The summed E-state index contributed by atoms with van der Waals surface area (Å²) in [5.74, 6) is -0.0759. The lowest BCUT2D eigenvalue weighted by atomic mass is 9.83. The maximum Gasteiger partial charge on any atom is 0.234 e. The molecular weight excluding hydrogens is 302 g/mol. The maximum atomic E-state index is 12.1. The summed E-state index contributed by atoms with van der Waals surface area (Å²) in [6.45, 7) is 3.86. The van der Waals surface area contributed by atoms with E-state index in [1.807, 2.05) is 25.3 Å². The van der Waals surface area contributed by atoms with E-state index in [4.69, 9.17) is 5.41 Å². The second-order valence-corrected chi connectivity index (χ2v) is 6.25. The number of rotatable bonds is 1. The molecule has 17 heavy (non-hydrogen) atoms. The van der Waals surface area contributed by atoms with E-state index in [2.05, 4.69) is 21.2 Å². The van der Waals surface area contributed by atoms with E-state index < -0.39 is 5.54 Å². The van der Waals surface area contributed by atoms with Crippen LogP contribution < -0.4 is 5.32 Å². The monoisotopic (exact) mass is 315 g/mol. The highest BCUT2D eigenvalue weighted by Gasteiger charge is 2.45. The Kier molecular flexibility index (Phi) is 3.03. The lowest BCUT2D eigenvalue weighted by Gasteiger charge is -2.43. The number of carbonyl (C=O) groups excluding carboxylic acids is 1. The predicted octanol–water partition coefficient (Wildman–Crippen LogP) is 2.36. The fourth-order valence-corrected chi connectivity index (χ4v) is 3.58. The van der Waals surface area contributed by atoms with Crippen LogP contribution in [0.5, 0.6) is 0 Å². The number of amides is 1. The first kappa shape index (κ1) is 12.6. The first-order valence-corrected chi connectivity index (χ1v) is 6.92. The number of guanidine groups is 1. The zero-order valence-corrected chi connectivity index (χ0v) is 12.3. The molecule has 1 fully saturated rings. The van der Waals surface area contributed by atoms with Gasteiger partial charge in [-0.15, -0.1) is 11.3 Å². The number of nitrogens with one attached hydrogen (secondary N) is 2. The molecule has 1 aliphatic heterocycles. The van der Waals surface area contributed by atoms with Gasteiger partial charge in [-0.3, -0.25) is 15.1 Å². The SMILES string of the molecule is C[C@H]1C(=O)N(C)C(=N)N[C@]1(C)c1cc(Br)cs1. The van der Waals surface area contributed by atoms with Gasteiger partial charge in [0, 0.05) is 21.8 Å². The van der Waals surface area contributed by atoms with Gasteiger partial charge in [-0.25, -0.2) is 0 Å². The normalized spacial score (nSPS) is 29.4. The molecule has 0 spiro atoms. The molecule has 0 saturated carbocycles. The summed E-state index contributed by atoms with van der Waals surface area (Å²) in [4.78, 5) is 14.5. The first-order chi connectivity index (χ1) is 7.86. The Labute approximate surface area is 113 Å². The molecule has 0 unspecified atom stereocenters. The van der Waals surface area contributed by atoms with Crippen molar-refractivity contribution in [3.8, 4) is 0 Å². The Balaban J connectivity index is 2.43. The molecular formula is C11H14BrN3OS. The second-order valence-electron chi connectivity index (χ2n) is 4.42. The van der Waals surface area contributed by atoms with Crippen molar-refractivity contribution in [3.05, 3.63) is 20.8 Å². The standard InChI is InChI=1S/C11H14BrN3OS/c1-6-9(16)15(3)10(13)14-11(6,2)8-4-7(12)5-17-8/h4-6H,1-3H3,(H2,13,14)/t6-,11-/m0/s1. The molecule has 1 aromatic rings. The maximum absolute atomic E-state index is 12.1. The molecule has 2 atom stereocenters. The molecule has 92 valence electrons. The highest BCUT2D eigenvalue weighted by molar-refractivity contribution is 9.10. The Bertz CT molecular complexity index is 487. The minimum absolute atomic E-state index is 0.0271. The smallest absolute Gasteiger partial charge is 0.234 e. The molecule has 1 aliphatic rings. The quantitative estimate of drug-likeness (QED) is 0.836. The highest BCUT2D eigenvalue weighted by Crippen LogP contribution is 2.38. The molecule has 0 aliphatic carbocycles. The number of carbonyl (C=O) groups is 1. The van der Waals surface area contributed by atoms with E-state index in [1.165, 1.54) is 4.90 Å². The van der Waals surface area contributed by atoms with Crippen molar-refractivity contribution in [1.29, 1.82) is 5.41 Å². The van der Waals surface area contributed by atoms with Gasteiger partial charge in [-0.05, 0) is 28.9 Å². The van der Waals surface area contributed by atoms with E-state index in [-0.39, 0.29) is 17.8 Å². The van der Waals surface area contributed by atoms with Crippen molar-refractivity contribution in [1.82, 2.24) is 10.2 Å². The van der Waals surface area contributed by atoms with Gasteiger partial charge < -0.3 is 5.32 Å². The number of nitrogens with zero attached hydrogens (tertiary/aromatic N) is 1. The Morgan fingerprint density at radius 1 is 1.65 bits per heavy atom. The third kappa shape index (κ3) is 1.89. The third-order valence-corrected chi connectivity index (χ3v) is 5.29. The molecule has 1 saturated heterocycles. The zero-order valence-electron chi connectivity index (χ0n) is 9.87. The molecule has 2 heterocycles. The van der Waals surface area contributed by atoms with Crippen LogP contribution in [0.4, 0.5) is 0 Å². The van der Waals surface area contributed by atoms with Crippen molar-refractivity contribution in [3.63, 3.8) is 0 Å². The predicted molar refractivity (Wildman–Crippen MR) is 72.2 cm³/mol. The van der Waals surface area contributed by atoms with Crippen LogP contribution in [0.2, 0.25) is 0 Å². The summed E-state index contributed by atoms with van der Waals surface area (Å²) in [6, 6.07) is 2.00. The average molecular weight is 316 g/mol. The van der Waals surface area contributed by atoms with Crippen LogP contribution in [0, 0.1) is 11.3 Å². The van der Waals surface area contributed by atoms with Crippen LogP contribution in [0.3, 0.4) is 0 Å². The van der Waals surface area contributed by atoms with Crippen molar-refractivity contribution in [2.75, 3.05) is 7.05 Å². The van der Waals surface area contributed by atoms with Gasteiger partial charge in [-0.2, -0.15) is 0 Å². The van der Waals surface area contributed by atoms with Crippen LogP contribution in [-0.2, 0) is 10.3 Å². The number of thiophene rings is 1. The van der Waals surface area contributed by atoms with Gasteiger partial charge in [0.1, 0.15) is 0 Å². The summed E-state index contributed by atoms with van der Waals surface area (Å²) in [5, 5.41) is 12.9. The Hall–Kier alpha value is -0.880. The van der Waals surface area contributed by atoms with Gasteiger partial charge in [-0.1, -0.05) is 6.92 Å². The zero-order chi connectivity index (χ0) is 12.8. The molecule has 6 heteroatoms. The molecule has 0 radical (unpaired) electrons. The molecule has 0 bridgehead atoms. The van der Waals surface area contributed by atoms with Crippen LogP contribution in [0.15, 0.2) is 15.9 Å². The molecule has 2 rings (SSSR count). The average Bonchev–Trinajstić information content (AvgIpc) is 2.71. The van der Waals surface area contributed by atoms with Crippen molar-refractivity contribution in [2.24, 2.45) is 5.92 Å². The molecule has 0 aromatic carbocycles. The highest BCUT2D eigenvalue weighted by atomic mass is 79.9. The minimum atomic E-state index is -0.503. The Morgan fingerprint density at radius 2 is 2.29 bits per heavy atom. The fourth-order valence-electron chi connectivity index (χ4n) is 1.95. The molecule has 4 nitrogen and oxygen atoms in total. The lowest BCUT2D eigenvalue weighted by molar-refractivity contribution is -0.134. The molecule has 2 N–H and O–H groups in total. The van der Waals surface area contributed by atoms with Gasteiger partial charge in [0.2, 0.25) is 5.91 Å². The van der Waals surface area contributed by atoms with Crippen LogP contribution in [0.1, 0.15) is 18.7 Å². The topological polar surface area (TPSA) is 56.2 Å².